The van der Waals surface area contributed by atoms with E-state index in [0.29, 0.717) is 32.5 Å². The Labute approximate surface area is 176 Å². The number of carbonyl (C=O) groups excluding carboxylic acids is 2. The van der Waals surface area contributed by atoms with Crippen LogP contribution in [0.5, 0.6) is 0 Å². The van der Waals surface area contributed by atoms with Crippen molar-refractivity contribution < 1.29 is 9.59 Å². The molecule has 0 saturated heterocycles. The number of aromatic amines is 1. The van der Waals surface area contributed by atoms with Crippen molar-refractivity contribution in [1.82, 2.24) is 15.2 Å². The number of hydrogen-bond donors (Lipinski definition) is 2. The predicted molar refractivity (Wildman–Crippen MR) is 110 cm³/mol. The number of carbonyl (C=O) groups is 2. The fraction of sp³-hybridized carbons (Fsp3) is 0.200. The predicted octanol–water partition coefficient (Wildman–Crippen LogP) is 4.09. The molecular weight excluding hydrogens is 413 g/mol. The van der Waals surface area contributed by atoms with Gasteiger partial charge in [-0.1, -0.05) is 43.1 Å². The van der Waals surface area contributed by atoms with E-state index >= 15 is 0 Å². The van der Waals surface area contributed by atoms with E-state index in [1.54, 1.807) is 24.3 Å². The minimum Gasteiger partial charge on any atom is -0.323 e. The monoisotopic (exact) mass is 427 g/mol. The van der Waals surface area contributed by atoms with Gasteiger partial charge in [-0.25, -0.2) is 0 Å². The number of benzene rings is 1. The Balaban J connectivity index is 1.89. The minimum absolute atomic E-state index is 0.0116. The van der Waals surface area contributed by atoms with Crippen LogP contribution >= 0.6 is 23.2 Å². The number of halogens is 2. The highest BCUT2D eigenvalue weighted by Crippen LogP contribution is 2.54. The van der Waals surface area contributed by atoms with Gasteiger partial charge in [0, 0.05) is 33.7 Å². The van der Waals surface area contributed by atoms with E-state index in [2.05, 4.69) is 20.5 Å². The van der Waals surface area contributed by atoms with Gasteiger partial charge in [0.05, 0.1) is 16.9 Å². The molecule has 0 radical (unpaired) electrons. The second-order valence-electron chi connectivity index (χ2n) is 7.37. The molecule has 1 unspecified atom stereocenters. The van der Waals surface area contributed by atoms with Crippen molar-refractivity contribution in [3.05, 3.63) is 69.2 Å². The van der Waals surface area contributed by atoms with Gasteiger partial charge in [0.1, 0.15) is 0 Å². The van der Waals surface area contributed by atoms with E-state index in [4.69, 9.17) is 23.2 Å². The van der Waals surface area contributed by atoms with E-state index in [1.807, 2.05) is 13.8 Å². The van der Waals surface area contributed by atoms with Crippen LogP contribution in [-0.4, -0.2) is 27.0 Å². The number of fused-ring (bicyclic) bond motifs is 4. The maximum Gasteiger partial charge on any atom is 0.280 e. The molecule has 2 aliphatic heterocycles. The van der Waals surface area contributed by atoms with E-state index in [-0.39, 0.29) is 17.5 Å². The average molecular weight is 428 g/mol. The molecule has 0 bridgehead atoms. The van der Waals surface area contributed by atoms with Gasteiger partial charge in [0.15, 0.2) is 11.2 Å². The normalized spacial score (nSPS) is 19.8. The highest BCUT2D eigenvalue weighted by atomic mass is 35.5. The maximum absolute atomic E-state index is 13.6. The molecule has 1 atom stereocenters. The maximum atomic E-state index is 13.6. The molecule has 0 aliphatic carbocycles. The van der Waals surface area contributed by atoms with E-state index < -0.39 is 11.4 Å². The van der Waals surface area contributed by atoms with Gasteiger partial charge in [-0.2, -0.15) is 5.10 Å². The van der Waals surface area contributed by atoms with Gasteiger partial charge in [-0.05, 0) is 24.1 Å². The topological polar surface area (TPSA) is 91.0 Å². The Bertz CT molecular complexity index is 1210. The van der Waals surface area contributed by atoms with Gasteiger partial charge in [0.2, 0.25) is 0 Å². The summed E-state index contributed by atoms with van der Waals surface area (Å²) in [4.78, 5) is 32.6. The lowest BCUT2D eigenvalue weighted by Crippen LogP contribution is -2.50. The summed E-state index contributed by atoms with van der Waals surface area (Å²) < 4.78 is 0. The van der Waals surface area contributed by atoms with Gasteiger partial charge < -0.3 is 5.32 Å². The molecule has 4 heterocycles. The molecule has 1 spiro atoms. The molecule has 0 fully saturated rings. The Morgan fingerprint density at radius 2 is 1.90 bits per heavy atom. The number of hydrogen-bond acceptors (Lipinski definition) is 4. The van der Waals surface area contributed by atoms with Crippen LogP contribution in [0, 0.1) is 0 Å². The highest BCUT2D eigenvalue weighted by molar-refractivity contribution is 6.32. The zero-order valence-electron chi connectivity index (χ0n) is 15.5. The SMILES string of the molecule is CC(C)c1[nH]nc2c1C1(C(=O)Nc3cc(Cl)ccc31)N(c1cncc(Cl)c1)C2=O. The van der Waals surface area contributed by atoms with E-state index in [1.165, 1.54) is 17.3 Å². The molecule has 0 saturated carbocycles. The lowest BCUT2D eigenvalue weighted by molar-refractivity contribution is -0.119. The lowest BCUT2D eigenvalue weighted by atomic mass is 9.82. The molecule has 2 aromatic heterocycles. The van der Waals surface area contributed by atoms with Crippen molar-refractivity contribution >= 4 is 46.4 Å². The third-order valence-corrected chi connectivity index (χ3v) is 5.81. The summed E-state index contributed by atoms with van der Waals surface area (Å²) in [7, 11) is 0. The molecule has 1 aromatic carbocycles. The Kier molecular flexibility index (Phi) is 3.78. The number of aromatic nitrogens is 3. The largest absolute Gasteiger partial charge is 0.323 e. The first-order chi connectivity index (χ1) is 13.9. The summed E-state index contributed by atoms with van der Waals surface area (Å²) in [6.45, 7) is 3.95. The van der Waals surface area contributed by atoms with Crippen LogP contribution in [0.15, 0.2) is 36.7 Å². The number of amides is 2. The summed E-state index contributed by atoms with van der Waals surface area (Å²) in [5.74, 6) is -0.743. The zero-order valence-corrected chi connectivity index (χ0v) is 17.0. The molecule has 5 rings (SSSR count). The first-order valence-corrected chi connectivity index (χ1v) is 9.76. The van der Waals surface area contributed by atoms with Crippen LogP contribution in [0.4, 0.5) is 11.4 Å². The summed E-state index contributed by atoms with van der Waals surface area (Å²) in [6, 6.07) is 6.75. The Morgan fingerprint density at radius 1 is 1.10 bits per heavy atom. The van der Waals surface area contributed by atoms with Gasteiger partial charge in [-0.15, -0.1) is 0 Å². The second-order valence-corrected chi connectivity index (χ2v) is 8.24. The molecule has 2 N–H and O–H groups in total. The fourth-order valence-corrected chi connectivity index (χ4v) is 4.58. The molecule has 2 amide bonds. The van der Waals surface area contributed by atoms with Gasteiger partial charge in [0.25, 0.3) is 11.8 Å². The molecule has 9 heteroatoms. The molecule has 2 aliphatic rings. The summed E-state index contributed by atoms with van der Waals surface area (Å²) in [5, 5.41) is 11.0. The lowest BCUT2D eigenvalue weighted by Gasteiger charge is -2.34. The van der Waals surface area contributed by atoms with Crippen LogP contribution < -0.4 is 10.2 Å². The molecule has 7 nitrogen and oxygen atoms in total. The average Bonchev–Trinajstić information content (AvgIpc) is 3.28. The van der Waals surface area contributed by atoms with Crippen LogP contribution in [0.25, 0.3) is 0 Å². The summed E-state index contributed by atoms with van der Waals surface area (Å²) in [5.41, 5.74) is 1.66. The van der Waals surface area contributed by atoms with Crippen molar-refractivity contribution in [3.8, 4) is 0 Å². The molecule has 29 heavy (non-hydrogen) atoms. The van der Waals surface area contributed by atoms with Crippen molar-refractivity contribution in [3.63, 3.8) is 0 Å². The van der Waals surface area contributed by atoms with Gasteiger partial charge >= 0.3 is 0 Å². The smallest absolute Gasteiger partial charge is 0.280 e. The van der Waals surface area contributed by atoms with Crippen molar-refractivity contribution in [2.45, 2.75) is 25.3 Å². The quantitative estimate of drug-likeness (QED) is 0.643. The number of pyridine rings is 1. The fourth-order valence-electron chi connectivity index (χ4n) is 4.24. The number of rotatable bonds is 2. The summed E-state index contributed by atoms with van der Waals surface area (Å²) in [6.07, 6.45) is 2.98. The second kappa shape index (κ2) is 6.05. The van der Waals surface area contributed by atoms with Crippen molar-refractivity contribution in [2.24, 2.45) is 0 Å². The Hall–Kier alpha value is -2.90. The molecule has 146 valence electrons. The number of anilines is 2. The zero-order chi connectivity index (χ0) is 20.5. The number of nitrogens with one attached hydrogen (secondary N) is 2. The molecular formula is C20H15Cl2N5O2. The third-order valence-electron chi connectivity index (χ3n) is 5.37. The standard InChI is InChI=1S/C20H15Cl2N5O2/c1-9(2)16-15-17(26-25-16)18(28)27(12-5-11(22)7-23-8-12)20(15)13-4-3-10(21)6-14(13)24-19(20)29/h3-9H,1-2H3,(H,24,29)(H,25,26). The minimum atomic E-state index is -1.43. The third kappa shape index (κ3) is 2.25. The Morgan fingerprint density at radius 3 is 2.62 bits per heavy atom. The van der Waals surface area contributed by atoms with Crippen LogP contribution in [0.1, 0.15) is 47.1 Å². The number of nitrogens with zero attached hydrogens (tertiary/aromatic N) is 3. The van der Waals surface area contributed by atoms with E-state index in [0.717, 1.165) is 5.69 Å². The molecule has 3 aromatic rings. The van der Waals surface area contributed by atoms with Gasteiger partial charge in [-0.3, -0.25) is 24.6 Å². The summed E-state index contributed by atoms with van der Waals surface area (Å²) >= 11 is 12.3. The van der Waals surface area contributed by atoms with Crippen molar-refractivity contribution in [1.29, 1.82) is 0 Å². The first kappa shape index (κ1) is 18.1. The van der Waals surface area contributed by atoms with E-state index in [9.17, 15) is 9.59 Å². The van der Waals surface area contributed by atoms with Crippen LogP contribution in [-0.2, 0) is 10.3 Å². The van der Waals surface area contributed by atoms with Crippen LogP contribution in [0.3, 0.4) is 0 Å². The first-order valence-electron chi connectivity index (χ1n) is 9.01. The highest BCUT2D eigenvalue weighted by Gasteiger charge is 2.63. The number of H-pyrrole nitrogens is 1. The van der Waals surface area contributed by atoms with Crippen LogP contribution in [0.2, 0.25) is 10.0 Å². The van der Waals surface area contributed by atoms with Crippen molar-refractivity contribution in [2.75, 3.05) is 10.2 Å².